The van der Waals surface area contributed by atoms with E-state index in [1.807, 2.05) is 6.07 Å². The quantitative estimate of drug-likeness (QED) is 0.671. The van der Waals surface area contributed by atoms with E-state index in [-0.39, 0.29) is 30.9 Å². The number of nitrogens with one attached hydrogen (secondary N) is 1. The Balaban J connectivity index is 1.59. The topological polar surface area (TPSA) is 95.9 Å². The van der Waals surface area contributed by atoms with Crippen LogP contribution in [0.4, 0.5) is 13.6 Å². The number of sulfonamides is 1. The van der Waals surface area contributed by atoms with Crippen LogP contribution in [0.1, 0.15) is 50.5 Å². The molecule has 3 atom stereocenters. The van der Waals surface area contributed by atoms with Crippen LogP contribution in [0.25, 0.3) is 0 Å². The number of alkyl halides is 1. The lowest BCUT2D eigenvalue weighted by atomic mass is 9.82. The van der Waals surface area contributed by atoms with Gasteiger partial charge in [0.05, 0.1) is 18.8 Å². The fraction of sp³-hybridized carbons (Fsp3) is 0.650. The zero-order chi connectivity index (χ0) is 21.9. The molecule has 7 nitrogen and oxygen atoms in total. The van der Waals surface area contributed by atoms with Gasteiger partial charge in [0.1, 0.15) is 5.82 Å². The average molecular weight is 447 g/mol. The first kappa shape index (κ1) is 22.9. The Morgan fingerprint density at radius 3 is 2.60 bits per heavy atom. The van der Waals surface area contributed by atoms with Gasteiger partial charge in [-0.1, -0.05) is 12.1 Å². The van der Waals surface area contributed by atoms with Gasteiger partial charge < -0.3 is 9.84 Å². The molecule has 1 saturated heterocycles. The van der Waals surface area contributed by atoms with Crippen LogP contribution < -0.4 is 4.72 Å². The second-order valence-electron chi connectivity index (χ2n) is 8.15. The highest BCUT2D eigenvalue weighted by Gasteiger charge is 2.44. The maximum atomic E-state index is 13.5. The number of ether oxygens (including phenoxy) is 1. The summed E-state index contributed by atoms with van der Waals surface area (Å²) in [6.07, 6.45) is 2.17. The van der Waals surface area contributed by atoms with E-state index < -0.39 is 40.2 Å². The van der Waals surface area contributed by atoms with Crippen molar-refractivity contribution in [1.29, 1.82) is 0 Å². The molecular weight excluding hydrogens is 418 g/mol. The van der Waals surface area contributed by atoms with E-state index in [4.69, 9.17) is 4.74 Å². The van der Waals surface area contributed by atoms with Crippen LogP contribution in [0.3, 0.4) is 0 Å². The smallest absolute Gasteiger partial charge is 0.407 e. The van der Waals surface area contributed by atoms with Crippen molar-refractivity contribution < 1.29 is 31.8 Å². The van der Waals surface area contributed by atoms with E-state index in [1.54, 1.807) is 19.1 Å². The van der Waals surface area contributed by atoms with Crippen molar-refractivity contribution in [3.63, 3.8) is 0 Å². The SMILES string of the molecule is C[C@@H]1C[C@H](NS(=O)(=O)CF)[C@H](COC2CCC(c3cccc(F)c3)CC2)N1C(=O)O. The Labute approximate surface area is 175 Å². The van der Waals surface area contributed by atoms with E-state index >= 15 is 0 Å². The highest BCUT2D eigenvalue weighted by Crippen LogP contribution is 2.35. The summed E-state index contributed by atoms with van der Waals surface area (Å²) in [5.41, 5.74) is 0.968. The van der Waals surface area contributed by atoms with Crippen LogP contribution in [0.5, 0.6) is 0 Å². The van der Waals surface area contributed by atoms with Gasteiger partial charge >= 0.3 is 6.09 Å². The third-order valence-electron chi connectivity index (χ3n) is 6.08. The number of likely N-dealkylation sites (tertiary alicyclic amines) is 1. The monoisotopic (exact) mass is 446 g/mol. The van der Waals surface area contributed by atoms with Gasteiger partial charge in [-0.2, -0.15) is 0 Å². The molecule has 2 N–H and O–H groups in total. The lowest BCUT2D eigenvalue weighted by Crippen LogP contribution is -2.50. The van der Waals surface area contributed by atoms with Crippen LogP contribution >= 0.6 is 0 Å². The van der Waals surface area contributed by atoms with Gasteiger partial charge in [-0.05, 0) is 62.6 Å². The van der Waals surface area contributed by atoms with Gasteiger partial charge in [-0.25, -0.2) is 26.7 Å². The van der Waals surface area contributed by atoms with Gasteiger partial charge in [0.25, 0.3) is 0 Å². The Bertz CT molecular complexity index is 845. The molecule has 1 amide bonds. The van der Waals surface area contributed by atoms with Gasteiger partial charge in [0, 0.05) is 12.1 Å². The number of carboxylic acid groups (broad SMARTS) is 1. The third-order valence-corrected chi connectivity index (χ3v) is 7.03. The lowest BCUT2D eigenvalue weighted by Gasteiger charge is -2.32. The van der Waals surface area contributed by atoms with Crippen LogP contribution in [-0.4, -0.2) is 61.4 Å². The standard InChI is InChI=1S/C20H28F2N2O5S/c1-13-9-18(23-30(27,28)12-21)19(24(13)20(25)26)11-29-17-7-5-14(6-8-17)15-3-2-4-16(22)10-15/h2-4,10,13-14,17-19,23H,5-9,11-12H2,1H3,(H,25,26)/t13-,14?,17?,18+,19+/m1/s1. The minimum absolute atomic E-state index is 0.0331. The second-order valence-corrected chi connectivity index (χ2v) is 9.84. The van der Waals surface area contributed by atoms with Crippen LogP contribution in [-0.2, 0) is 14.8 Å². The molecule has 1 aliphatic carbocycles. The van der Waals surface area contributed by atoms with Gasteiger partial charge in [-0.15, -0.1) is 0 Å². The molecule has 30 heavy (non-hydrogen) atoms. The van der Waals surface area contributed by atoms with Crippen molar-refractivity contribution >= 4 is 16.1 Å². The first-order chi connectivity index (χ1) is 14.2. The number of halogens is 2. The van der Waals surface area contributed by atoms with Crippen LogP contribution in [0, 0.1) is 5.82 Å². The summed E-state index contributed by atoms with van der Waals surface area (Å²) in [6, 6.07) is 3.17. The van der Waals surface area contributed by atoms with Crippen LogP contribution in [0.15, 0.2) is 24.3 Å². The number of hydrogen-bond acceptors (Lipinski definition) is 4. The van der Waals surface area contributed by atoms with Crippen molar-refractivity contribution in [2.75, 3.05) is 12.6 Å². The Morgan fingerprint density at radius 2 is 2.00 bits per heavy atom. The summed E-state index contributed by atoms with van der Waals surface area (Å²) < 4.78 is 57.8. The number of amides is 1. The first-order valence-corrected chi connectivity index (χ1v) is 11.8. The predicted molar refractivity (Wildman–Crippen MR) is 107 cm³/mol. The molecule has 2 aliphatic rings. The molecule has 0 unspecified atom stereocenters. The summed E-state index contributed by atoms with van der Waals surface area (Å²) >= 11 is 0. The zero-order valence-corrected chi connectivity index (χ0v) is 17.7. The van der Waals surface area contributed by atoms with Crippen molar-refractivity contribution in [3.05, 3.63) is 35.6 Å². The first-order valence-electron chi connectivity index (χ1n) is 10.1. The van der Waals surface area contributed by atoms with Crippen molar-refractivity contribution in [1.82, 2.24) is 9.62 Å². The molecule has 0 aromatic heterocycles. The summed E-state index contributed by atoms with van der Waals surface area (Å²) in [4.78, 5) is 12.9. The minimum atomic E-state index is -4.12. The molecule has 10 heteroatoms. The molecule has 0 spiro atoms. The third kappa shape index (κ3) is 5.47. The van der Waals surface area contributed by atoms with E-state index in [0.29, 0.717) is 0 Å². The number of benzene rings is 1. The van der Waals surface area contributed by atoms with Gasteiger partial charge in [0.2, 0.25) is 16.0 Å². The summed E-state index contributed by atoms with van der Waals surface area (Å²) in [6.45, 7) is 1.72. The summed E-state index contributed by atoms with van der Waals surface area (Å²) in [7, 11) is -4.12. The Kier molecular flexibility index (Phi) is 7.30. The predicted octanol–water partition coefficient (Wildman–Crippen LogP) is 3.22. The molecule has 1 aromatic rings. The van der Waals surface area contributed by atoms with E-state index in [9.17, 15) is 27.1 Å². The molecule has 0 bridgehead atoms. The molecule has 168 valence electrons. The number of carbonyl (C=O) groups is 1. The lowest BCUT2D eigenvalue weighted by molar-refractivity contribution is -0.00704. The van der Waals surface area contributed by atoms with Crippen LogP contribution in [0.2, 0.25) is 0 Å². The maximum absolute atomic E-state index is 13.5. The van der Waals surface area contributed by atoms with Gasteiger partial charge in [0.15, 0.2) is 0 Å². The van der Waals surface area contributed by atoms with E-state index in [0.717, 1.165) is 31.2 Å². The second kappa shape index (κ2) is 9.57. The number of nitrogens with zero attached hydrogens (tertiary/aromatic N) is 1. The molecule has 1 saturated carbocycles. The summed E-state index contributed by atoms with van der Waals surface area (Å²) in [5, 5.41) is 9.54. The maximum Gasteiger partial charge on any atom is 0.407 e. The Hall–Kier alpha value is -1.78. The van der Waals surface area contributed by atoms with Crippen molar-refractivity contribution in [2.24, 2.45) is 0 Å². The van der Waals surface area contributed by atoms with Crippen molar-refractivity contribution in [3.8, 4) is 0 Å². The molecule has 1 aromatic carbocycles. The molecule has 3 rings (SSSR count). The highest BCUT2D eigenvalue weighted by atomic mass is 32.2. The van der Waals surface area contributed by atoms with Gasteiger partial charge in [-0.3, -0.25) is 4.90 Å². The molecule has 0 radical (unpaired) electrons. The molecule has 2 fully saturated rings. The molecule has 1 aliphatic heterocycles. The Morgan fingerprint density at radius 1 is 1.30 bits per heavy atom. The minimum Gasteiger partial charge on any atom is -0.465 e. The zero-order valence-electron chi connectivity index (χ0n) is 16.8. The van der Waals surface area contributed by atoms with Crippen molar-refractivity contribution in [2.45, 2.75) is 69.2 Å². The van der Waals surface area contributed by atoms with E-state index in [2.05, 4.69) is 4.72 Å². The molecule has 1 heterocycles. The van der Waals surface area contributed by atoms with E-state index in [1.165, 1.54) is 11.0 Å². The average Bonchev–Trinajstić information content (AvgIpc) is 3.01. The highest BCUT2D eigenvalue weighted by molar-refractivity contribution is 7.89. The molecular formula is C20H28F2N2O5S. The number of rotatable bonds is 7. The number of hydrogen-bond donors (Lipinski definition) is 2. The largest absolute Gasteiger partial charge is 0.465 e. The fourth-order valence-corrected chi connectivity index (χ4v) is 5.41. The normalized spacial score (nSPS) is 29.8. The summed E-state index contributed by atoms with van der Waals surface area (Å²) in [5.74, 6) is 0.00319. The fourth-order valence-electron chi connectivity index (χ4n) is 4.63.